The molecule has 27 heavy (non-hydrogen) atoms. The normalized spacial score (nSPS) is 24.6. The molecule has 6 nitrogen and oxygen atoms in total. The van der Waals surface area contributed by atoms with Crippen LogP contribution in [-0.4, -0.2) is 18.1 Å². The fourth-order valence-electron chi connectivity index (χ4n) is 4.31. The second-order valence-electron chi connectivity index (χ2n) is 9.29. The average molecular weight is 388 g/mol. The van der Waals surface area contributed by atoms with Crippen molar-refractivity contribution < 1.29 is 4.21 Å². The number of rotatable bonds is 1. The first kappa shape index (κ1) is 18.2. The van der Waals surface area contributed by atoms with Crippen molar-refractivity contribution in [1.82, 2.24) is 13.9 Å². The van der Waals surface area contributed by atoms with Gasteiger partial charge in [0.2, 0.25) is 0 Å². The molecule has 2 aliphatic rings. The van der Waals surface area contributed by atoms with Crippen molar-refractivity contribution in [3.63, 3.8) is 0 Å². The summed E-state index contributed by atoms with van der Waals surface area (Å²) in [5.74, 6) is 0. The molecule has 0 amide bonds. The molecule has 2 atom stereocenters. The minimum absolute atomic E-state index is 0.257. The van der Waals surface area contributed by atoms with Gasteiger partial charge in [0.1, 0.15) is 0 Å². The number of hydrogen-bond donors (Lipinski definition) is 0. The van der Waals surface area contributed by atoms with Crippen molar-refractivity contribution in [2.75, 3.05) is 0 Å². The summed E-state index contributed by atoms with van der Waals surface area (Å²) in [5, 5.41) is -1.18. The second-order valence-corrected chi connectivity index (χ2v) is 10.8. The summed E-state index contributed by atoms with van der Waals surface area (Å²) in [7, 11) is -1.37. The van der Waals surface area contributed by atoms with Crippen LogP contribution in [0.2, 0.25) is 0 Å². The van der Waals surface area contributed by atoms with Crippen LogP contribution in [0, 0.1) is 10.8 Å². The van der Waals surface area contributed by atoms with E-state index < -0.39 is 32.9 Å². The zero-order chi connectivity index (χ0) is 19.9. The Kier molecular flexibility index (Phi) is 3.67. The third-order valence-electron chi connectivity index (χ3n) is 5.31. The van der Waals surface area contributed by atoms with Crippen LogP contribution in [0.4, 0.5) is 0 Å². The summed E-state index contributed by atoms with van der Waals surface area (Å²) in [6.45, 7) is 12.5. The number of aromatic nitrogens is 3. The Bertz CT molecular complexity index is 1040. The molecule has 0 spiro atoms. The fourth-order valence-corrected chi connectivity index (χ4v) is 6.75. The lowest BCUT2D eigenvalue weighted by Crippen LogP contribution is -2.35. The predicted octanol–water partition coefficient (Wildman–Crippen LogP) is 2.96. The summed E-state index contributed by atoms with van der Waals surface area (Å²) in [4.78, 5) is 26.4. The van der Waals surface area contributed by atoms with E-state index in [0.29, 0.717) is 5.69 Å². The topological polar surface area (TPSA) is 66.0 Å². The van der Waals surface area contributed by atoms with E-state index in [9.17, 15) is 13.8 Å². The fraction of sp³-hybridized carbons (Fsp3) is 0.500. The maximum atomic E-state index is 13.3. The van der Waals surface area contributed by atoms with E-state index in [1.165, 1.54) is 13.9 Å². The molecule has 1 aromatic carbocycles. The molecule has 0 saturated heterocycles. The van der Waals surface area contributed by atoms with Gasteiger partial charge in [0, 0.05) is 0 Å². The van der Waals surface area contributed by atoms with E-state index in [2.05, 4.69) is 41.5 Å². The predicted molar refractivity (Wildman–Crippen MR) is 106 cm³/mol. The van der Waals surface area contributed by atoms with Crippen LogP contribution >= 0.6 is 0 Å². The van der Waals surface area contributed by atoms with E-state index in [1.807, 2.05) is 6.07 Å². The minimum Gasteiger partial charge on any atom is -0.254 e. The van der Waals surface area contributed by atoms with E-state index in [1.54, 1.807) is 24.3 Å². The number of nitrogens with zero attached hydrogens (tertiary/aromatic N) is 3. The van der Waals surface area contributed by atoms with Gasteiger partial charge in [-0.25, -0.2) is 23.5 Å². The quantitative estimate of drug-likeness (QED) is 0.707. The Labute approximate surface area is 160 Å². The molecule has 0 fully saturated rings. The Morgan fingerprint density at radius 2 is 1.19 bits per heavy atom. The molecule has 4 rings (SSSR count). The van der Waals surface area contributed by atoms with Gasteiger partial charge < -0.3 is 0 Å². The molecule has 0 N–H and O–H groups in total. The highest BCUT2D eigenvalue weighted by atomic mass is 32.2. The van der Waals surface area contributed by atoms with E-state index >= 15 is 0 Å². The Morgan fingerprint density at radius 3 is 1.56 bits per heavy atom. The van der Waals surface area contributed by atoms with Crippen molar-refractivity contribution in [3.8, 4) is 5.69 Å². The van der Waals surface area contributed by atoms with Crippen LogP contribution in [0.1, 0.15) is 52.3 Å². The summed E-state index contributed by atoms with van der Waals surface area (Å²) < 4.78 is 17.3. The molecule has 0 aliphatic carbocycles. The van der Waals surface area contributed by atoms with Crippen molar-refractivity contribution in [1.29, 1.82) is 0 Å². The summed E-state index contributed by atoms with van der Waals surface area (Å²) in [6.07, 6.45) is 0. The summed E-state index contributed by atoms with van der Waals surface area (Å²) in [6, 6.07) is 8.90. The monoisotopic (exact) mass is 387 g/mol. The van der Waals surface area contributed by atoms with Gasteiger partial charge >= 0.3 is 11.4 Å². The van der Waals surface area contributed by atoms with Gasteiger partial charge in [-0.3, -0.25) is 4.21 Å². The van der Waals surface area contributed by atoms with Gasteiger partial charge in [-0.15, -0.1) is 0 Å². The van der Waals surface area contributed by atoms with Crippen LogP contribution < -0.4 is 11.4 Å². The van der Waals surface area contributed by atoms with Crippen LogP contribution in [0.25, 0.3) is 5.69 Å². The molecule has 3 heterocycles. The first-order valence-corrected chi connectivity index (χ1v) is 10.4. The van der Waals surface area contributed by atoms with Gasteiger partial charge in [0.15, 0.2) is 10.7 Å². The first-order chi connectivity index (χ1) is 12.5. The minimum atomic E-state index is -1.37. The van der Waals surface area contributed by atoms with Gasteiger partial charge in [-0.1, -0.05) is 59.7 Å². The Balaban J connectivity index is 2.05. The number of benzene rings is 1. The van der Waals surface area contributed by atoms with E-state index in [4.69, 9.17) is 0 Å². The van der Waals surface area contributed by atoms with Crippen LogP contribution in [0.15, 0.2) is 51.1 Å². The molecule has 0 radical (unpaired) electrons. The lowest BCUT2D eigenvalue weighted by atomic mass is 9.74. The Hall–Kier alpha value is -2.15. The third kappa shape index (κ3) is 2.33. The SMILES string of the molecule is CC(C)(C)C1=C(C(C)(C)C)C2n3c(=O)n(-c4ccccc4)c(=O)n3C1S2=O. The van der Waals surface area contributed by atoms with Gasteiger partial charge in [-0.2, -0.15) is 0 Å². The molecule has 7 heteroatoms. The lowest BCUT2D eigenvalue weighted by Gasteiger charge is -2.35. The molecular formula is C20H25N3O3S. The summed E-state index contributed by atoms with van der Waals surface area (Å²) in [5.41, 5.74) is 1.20. The number of hydrogen-bond acceptors (Lipinski definition) is 3. The van der Waals surface area contributed by atoms with Crippen LogP contribution in [0.3, 0.4) is 0 Å². The molecule has 2 aromatic rings. The molecule has 144 valence electrons. The number of para-hydroxylation sites is 1. The zero-order valence-corrected chi connectivity index (χ0v) is 17.3. The highest BCUT2D eigenvalue weighted by Crippen LogP contribution is 2.57. The standard InChI is InChI=1S/C20H25N3O3S/c1-19(2,3)13-14(20(4,5)6)16-23-18(25)21(12-10-8-7-9-11-12)17(24)22(23)15(13)27(16)26/h7-11,15-16H,1-6H3. The highest BCUT2D eigenvalue weighted by Gasteiger charge is 2.57. The van der Waals surface area contributed by atoms with Crippen molar-refractivity contribution >= 4 is 10.8 Å². The third-order valence-corrected chi connectivity index (χ3v) is 7.06. The van der Waals surface area contributed by atoms with E-state index in [0.717, 1.165) is 11.1 Å². The second kappa shape index (κ2) is 5.44. The molecular weight excluding hydrogens is 362 g/mol. The molecule has 2 aliphatic heterocycles. The lowest BCUT2D eigenvalue weighted by molar-refractivity contribution is 0.345. The Morgan fingerprint density at radius 1 is 0.778 bits per heavy atom. The summed E-state index contributed by atoms with van der Waals surface area (Å²) >= 11 is 0. The largest absolute Gasteiger partial charge is 0.353 e. The van der Waals surface area contributed by atoms with Crippen molar-refractivity contribution in [2.24, 2.45) is 10.8 Å². The molecule has 1 aromatic heterocycles. The maximum Gasteiger partial charge on any atom is 0.353 e. The zero-order valence-electron chi connectivity index (χ0n) is 16.5. The molecule has 2 bridgehead atoms. The highest BCUT2D eigenvalue weighted by molar-refractivity contribution is 7.86. The van der Waals surface area contributed by atoms with E-state index in [-0.39, 0.29) is 10.8 Å². The van der Waals surface area contributed by atoms with Gasteiger partial charge in [0.25, 0.3) is 0 Å². The average Bonchev–Trinajstić information content (AvgIpc) is 3.12. The van der Waals surface area contributed by atoms with Gasteiger partial charge in [-0.05, 0) is 34.1 Å². The number of fused-ring (bicyclic) bond motifs is 5. The maximum absolute atomic E-state index is 13.3. The smallest absolute Gasteiger partial charge is 0.254 e. The van der Waals surface area contributed by atoms with Gasteiger partial charge in [0.05, 0.1) is 16.5 Å². The van der Waals surface area contributed by atoms with Crippen LogP contribution in [0.5, 0.6) is 0 Å². The molecule has 2 unspecified atom stereocenters. The van der Waals surface area contributed by atoms with Crippen LogP contribution in [-0.2, 0) is 10.8 Å². The van der Waals surface area contributed by atoms with Crippen molar-refractivity contribution in [2.45, 2.75) is 52.3 Å². The molecule has 0 saturated carbocycles. The van der Waals surface area contributed by atoms with Crippen molar-refractivity contribution in [3.05, 3.63) is 62.4 Å². The first-order valence-electron chi connectivity index (χ1n) is 9.12.